The molecule has 1 aromatic rings. The standard InChI is InChI=1S/C20H30F3N3O.HI/c1-4-27-18-9-12-26(13-10-18)19(24-3)25-11-8-15(2)16-6-5-7-17(14-16)20(21,22)23;/h5-7,14-15,18H,4,8-13H2,1-3H3,(H,24,25);1H. The summed E-state index contributed by atoms with van der Waals surface area (Å²) in [6.07, 6.45) is -1.28. The van der Waals surface area contributed by atoms with E-state index in [1.165, 1.54) is 12.1 Å². The van der Waals surface area contributed by atoms with Crippen LogP contribution in [0.5, 0.6) is 0 Å². The number of likely N-dealkylation sites (tertiary alicyclic amines) is 1. The lowest BCUT2D eigenvalue weighted by Crippen LogP contribution is -2.47. The zero-order valence-electron chi connectivity index (χ0n) is 16.8. The summed E-state index contributed by atoms with van der Waals surface area (Å²) in [5.74, 6) is 0.878. The van der Waals surface area contributed by atoms with Gasteiger partial charge >= 0.3 is 6.18 Å². The van der Waals surface area contributed by atoms with Crippen LogP contribution in [-0.2, 0) is 10.9 Å². The molecule has 160 valence electrons. The van der Waals surface area contributed by atoms with Crippen molar-refractivity contribution in [1.82, 2.24) is 10.2 Å². The van der Waals surface area contributed by atoms with Crippen LogP contribution in [-0.4, -0.2) is 50.3 Å². The Kier molecular flexibility index (Phi) is 10.6. The summed E-state index contributed by atoms with van der Waals surface area (Å²) in [6.45, 7) is 7.16. The van der Waals surface area contributed by atoms with Gasteiger partial charge in [-0.2, -0.15) is 13.2 Å². The minimum atomic E-state index is -4.30. The largest absolute Gasteiger partial charge is 0.416 e. The topological polar surface area (TPSA) is 36.9 Å². The van der Waals surface area contributed by atoms with Gasteiger partial charge in [-0.1, -0.05) is 25.1 Å². The van der Waals surface area contributed by atoms with Crippen molar-refractivity contribution in [2.45, 2.75) is 51.3 Å². The van der Waals surface area contributed by atoms with Crippen molar-refractivity contribution in [1.29, 1.82) is 0 Å². The number of benzene rings is 1. The van der Waals surface area contributed by atoms with Gasteiger partial charge in [-0.3, -0.25) is 4.99 Å². The Bertz CT molecular complexity index is 617. The zero-order chi connectivity index (χ0) is 19.9. The zero-order valence-corrected chi connectivity index (χ0v) is 19.1. The average Bonchev–Trinajstić information content (AvgIpc) is 2.65. The Morgan fingerprint density at radius 3 is 2.57 bits per heavy atom. The number of halogens is 4. The molecule has 1 aliphatic heterocycles. The Balaban J connectivity index is 0.00000392. The fourth-order valence-electron chi connectivity index (χ4n) is 3.39. The summed E-state index contributed by atoms with van der Waals surface area (Å²) in [5, 5.41) is 3.34. The van der Waals surface area contributed by atoms with Crippen molar-refractivity contribution < 1.29 is 17.9 Å². The highest BCUT2D eigenvalue weighted by Crippen LogP contribution is 2.31. The SMILES string of the molecule is CCOC1CCN(C(=NC)NCCC(C)c2cccc(C(F)(F)F)c2)CC1.I. The molecule has 1 N–H and O–H groups in total. The van der Waals surface area contributed by atoms with Gasteiger partial charge in [0, 0.05) is 33.3 Å². The maximum Gasteiger partial charge on any atom is 0.416 e. The lowest BCUT2D eigenvalue weighted by molar-refractivity contribution is -0.137. The van der Waals surface area contributed by atoms with E-state index in [0.717, 1.165) is 51.0 Å². The molecule has 1 saturated heterocycles. The van der Waals surface area contributed by atoms with Gasteiger partial charge in [0.1, 0.15) is 0 Å². The molecule has 1 aliphatic rings. The fourth-order valence-corrected chi connectivity index (χ4v) is 3.39. The third kappa shape index (κ3) is 7.42. The molecule has 0 amide bonds. The van der Waals surface area contributed by atoms with Crippen LogP contribution in [0.4, 0.5) is 13.2 Å². The maximum atomic E-state index is 12.9. The Hall–Kier alpha value is -1.03. The predicted molar refractivity (Wildman–Crippen MR) is 117 cm³/mol. The molecule has 0 aliphatic carbocycles. The molecular formula is C20H31F3IN3O. The molecule has 2 rings (SSSR count). The second kappa shape index (κ2) is 11.8. The number of hydrogen-bond donors (Lipinski definition) is 1. The van der Waals surface area contributed by atoms with Crippen molar-refractivity contribution in [3.8, 4) is 0 Å². The summed E-state index contributed by atoms with van der Waals surface area (Å²) in [5.41, 5.74) is 0.118. The molecule has 28 heavy (non-hydrogen) atoms. The lowest BCUT2D eigenvalue weighted by Gasteiger charge is -2.34. The van der Waals surface area contributed by atoms with E-state index < -0.39 is 11.7 Å². The van der Waals surface area contributed by atoms with E-state index in [1.54, 1.807) is 13.1 Å². The van der Waals surface area contributed by atoms with Gasteiger partial charge in [-0.25, -0.2) is 0 Å². The van der Waals surface area contributed by atoms with Crippen molar-refractivity contribution in [2.24, 2.45) is 4.99 Å². The van der Waals surface area contributed by atoms with E-state index in [1.807, 2.05) is 13.8 Å². The minimum Gasteiger partial charge on any atom is -0.378 e. The van der Waals surface area contributed by atoms with Crippen LogP contribution in [0.3, 0.4) is 0 Å². The lowest BCUT2D eigenvalue weighted by atomic mass is 9.96. The highest BCUT2D eigenvalue weighted by Gasteiger charge is 2.30. The van der Waals surface area contributed by atoms with Gasteiger partial charge in [0.2, 0.25) is 0 Å². The first-order chi connectivity index (χ1) is 12.8. The van der Waals surface area contributed by atoms with Gasteiger partial charge in [0.15, 0.2) is 5.96 Å². The number of piperidine rings is 1. The van der Waals surface area contributed by atoms with E-state index in [0.29, 0.717) is 18.2 Å². The summed E-state index contributed by atoms with van der Waals surface area (Å²) in [4.78, 5) is 6.55. The number of nitrogens with one attached hydrogen (secondary N) is 1. The number of aliphatic imine (C=N–C) groups is 1. The van der Waals surface area contributed by atoms with Crippen LogP contribution in [0.1, 0.15) is 50.2 Å². The monoisotopic (exact) mass is 513 g/mol. The third-order valence-electron chi connectivity index (χ3n) is 5.00. The molecular weight excluding hydrogens is 482 g/mol. The average molecular weight is 513 g/mol. The predicted octanol–water partition coefficient (Wildman–Crippen LogP) is 4.89. The molecule has 1 heterocycles. The third-order valence-corrected chi connectivity index (χ3v) is 5.00. The summed E-state index contributed by atoms with van der Waals surface area (Å²) < 4.78 is 44.3. The summed E-state index contributed by atoms with van der Waals surface area (Å²) in [7, 11) is 1.76. The van der Waals surface area contributed by atoms with Crippen LogP contribution in [0, 0.1) is 0 Å². The maximum absolute atomic E-state index is 12.9. The number of nitrogens with zero attached hydrogens (tertiary/aromatic N) is 2. The van der Waals surface area contributed by atoms with Crippen molar-refractivity contribution in [3.63, 3.8) is 0 Å². The highest BCUT2D eigenvalue weighted by molar-refractivity contribution is 14.0. The van der Waals surface area contributed by atoms with Gasteiger partial charge in [-0.05, 0) is 43.7 Å². The summed E-state index contributed by atoms with van der Waals surface area (Å²) >= 11 is 0. The molecule has 8 heteroatoms. The molecule has 1 fully saturated rings. The number of ether oxygens (including phenoxy) is 1. The summed E-state index contributed by atoms with van der Waals surface area (Å²) in [6, 6.07) is 5.59. The van der Waals surface area contributed by atoms with Crippen LogP contribution in [0.25, 0.3) is 0 Å². The number of rotatable bonds is 6. The second-order valence-electron chi connectivity index (χ2n) is 6.93. The Labute approximate surface area is 182 Å². The van der Waals surface area contributed by atoms with Gasteiger partial charge in [0.25, 0.3) is 0 Å². The first kappa shape index (κ1) is 25.0. The normalized spacial score (nSPS) is 17.2. The molecule has 0 bridgehead atoms. The Morgan fingerprint density at radius 1 is 1.32 bits per heavy atom. The van der Waals surface area contributed by atoms with Crippen LogP contribution < -0.4 is 5.32 Å². The van der Waals surface area contributed by atoms with Gasteiger partial charge in [-0.15, -0.1) is 24.0 Å². The van der Waals surface area contributed by atoms with E-state index in [9.17, 15) is 13.2 Å². The van der Waals surface area contributed by atoms with E-state index in [-0.39, 0.29) is 29.9 Å². The number of hydrogen-bond acceptors (Lipinski definition) is 2. The van der Waals surface area contributed by atoms with Crippen molar-refractivity contribution >= 4 is 29.9 Å². The minimum absolute atomic E-state index is 0. The van der Waals surface area contributed by atoms with E-state index in [2.05, 4.69) is 15.2 Å². The van der Waals surface area contributed by atoms with Crippen molar-refractivity contribution in [2.75, 3.05) is 33.3 Å². The quantitative estimate of drug-likeness (QED) is 0.334. The highest BCUT2D eigenvalue weighted by atomic mass is 127. The van der Waals surface area contributed by atoms with Gasteiger partial charge < -0.3 is 15.0 Å². The van der Waals surface area contributed by atoms with E-state index >= 15 is 0 Å². The molecule has 4 nitrogen and oxygen atoms in total. The first-order valence-electron chi connectivity index (χ1n) is 9.59. The van der Waals surface area contributed by atoms with Crippen LogP contribution >= 0.6 is 24.0 Å². The number of guanidine groups is 1. The molecule has 1 unspecified atom stereocenters. The Morgan fingerprint density at radius 2 is 2.00 bits per heavy atom. The molecule has 0 radical (unpaired) electrons. The molecule has 1 aromatic carbocycles. The van der Waals surface area contributed by atoms with Crippen molar-refractivity contribution in [3.05, 3.63) is 35.4 Å². The molecule has 0 spiro atoms. The number of alkyl halides is 3. The van der Waals surface area contributed by atoms with E-state index in [4.69, 9.17) is 4.74 Å². The molecule has 0 saturated carbocycles. The van der Waals surface area contributed by atoms with Crippen LogP contribution in [0.2, 0.25) is 0 Å². The molecule has 1 atom stereocenters. The van der Waals surface area contributed by atoms with Gasteiger partial charge in [0.05, 0.1) is 11.7 Å². The second-order valence-corrected chi connectivity index (χ2v) is 6.93. The molecule has 0 aromatic heterocycles. The first-order valence-corrected chi connectivity index (χ1v) is 9.59. The van der Waals surface area contributed by atoms with Crippen LogP contribution in [0.15, 0.2) is 29.3 Å². The smallest absolute Gasteiger partial charge is 0.378 e. The fraction of sp³-hybridized carbons (Fsp3) is 0.650.